The third-order valence-electron chi connectivity index (χ3n) is 2.62. The van der Waals surface area contributed by atoms with E-state index in [1.165, 1.54) is 0 Å². The fourth-order valence-electron chi connectivity index (χ4n) is 1.73. The average Bonchev–Trinajstić information content (AvgIpc) is 2.32. The number of hydrazone groups is 2. The highest BCUT2D eigenvalue weighted by molar-refractivity contribution is 6.12. The van der Waals surface area contributed by atoms with Gasteiger partial charge in [0.1, 0.15) is 0 Å². The van der Waals surface area contributed by atoms with E-state index >= 15 is 0 Å². The van der Waals surface area contributed by atoms with Crippen LogP contribution in [-0.2, 0) is 4.79 Å². The highest BCUT2D eigenvalue weighted by Crippen LogP contribution is 2.23. The number of carbonyl (C=O) groups is 1. The van der Waals surface area contributed by atoms with Gasteiger partial charge in [-0.25, -0.2) is 0 Å². The topological polar surface area (TPSA) is 48.3 Å². The summed E-state index contributed by atoms with van der Waals surface area (Å²) in [5.74, 6) is 0.113. The van der Waals surface area contributed by atoms with Crippen LogP contribution in [-0.4, -0.2) is 56.4 Å². The number of allylic oxidation sites excluding steroid dienone is 4. The van der Waals surface area contributed by atoms with Crippen LogP contribution in [0.15, 0.2) is 33.5 Å². The van der Waals surface area contributed by atoms with E-state index in [1.54, 1.807) is 34.6 Å². The summed E-state index contributed by atoms with van der Waals surface area (Å²) >= 11 is 0. The Hall–Kier alpha value is -1.91. The highest BCUT2D eigenvalue weighted by atomic mass is 16.1. The highest BCUT2D eigenvalue weighted by Gasteiger charge is 2.19. The molecule has 0 unspecified atom stereocenters. The molecular formula is C14H22N4O. The third kappa shape index (κ3) is 5.50. The van der Waals surface area contributed by atoms with Crippen molar-refractivity contribution in [2.45, 2.75) is 19.3 Å². The van der Waals surface area contributed by atoms with Crippen molar-refractivity contribution in [2.24, 2.45) is 10.2 Å². The molecule has 0 atom stereocenters. The summed E-state index contributed by atoms with van der Waals surface area (Å²) in [5.41, 5.74) is 1.64. The molecule has 1 aliphatic rings. The molecule has 1 saturated carbocycles. The van der Waals surface area contributed by atoms with E-state index in [1.807, 2.05) is 28.2 Å². The lowest BCUT2D eigenvalue weighted by atomic mass is 9.88. The van der Waals surface area contributed by atoms with Crippen molar-refractivity contribution in [3.05, 3.63) is 23.3 Å². The van der Waals surface area contributed by atoms with E-state index in [-0.39, 0.29) is 5.78 Å². The molecule has 0 spiro atoms. The van der Waals surface area contributed by atoms with E-state index in [4.69, 9.17) is 0 Å². The van der Waals surface area contributed by atoms with Gasteiger partial charge in [0, 0.05) is 51.8 Å². The number of carbonyl (C=O) groups excluding carboxylic acids is 1. The lowest BCUT2D eigenvalue weighted by Gasteiger charge is -2.15. The molecule has 1 rings (SSSR count). The minimum Gasteiger partial charge on any atom is -0.303 e. The Labute approximate surface area is 115 Å². The molecule has 0 aromatic rings. The van der Waals surface area contributed by atoms with Crippen LogP contribution in [0.25, 0.3) is 0 Å². The molecule has 0 aromatic heterocycles. The summed E-state index contributed by atoms with van der Waals surface area (Å²) in [6.45, 7) is 0. The van der Waals surface area contributed by atoms with Crippen molar-refractivity contribution in [2.75, 3.05) is 28.2 Å². The minimum atomic E-state index is 0.113. The molecule has 0 aromatic carbocycles. The third-order valence-corrected chi connectivity index (χ3v) is 2.62. The summed E-state index contributed by atoms with van der Waals surface area (Å²) < 4.78 is 0. The maximum Gasteiger partial charge on any atom is 0.185 e. The van der Waals surface area contributed by atoms with Crippen LogP contribution < -0.4 is 0 Å². The molecule has 0 radical (unpaired) electrons. The van der Waals surface area contributed by atoms with Crippen molar-refractivity contribution in [3.8, 4) is 0 Å². The zero-order valence-corrected chi connectivity index (χ0v) is 12.1. The molecule has 1 aliphatic carbocycles. The van der Waals surface area contributed by atoms with Crippen LogP contribution in [0.4, 0.5) is 0 Å². The van der Waals surface area contributed by atoms with Crippen molar-refractivity contribution < 1.29 is 4.79 Å². The number of hydrogen-bond acceptors (Lipinski definition) is 5. The molecule has 1 fully saturated rings. The van der Waals surface area contributed by atoms with Crippen LogP contribution in [0, 0.1) is 0 Å². The number of ketones is 1. The van der Waals surface area contributed by atoms with E-state index in [2.05, 4.69) is 10.2 Å². The maximum atomic E-state index is 12.2. The summed E-state index contributed by atoms with van der Waals surface area (Å²) in [7, 11) is 7.39. The van der Waals surface area contributed by atoms with Gasteiger partial charge in [-0.1, -0.05) is 0 Å². The van der Waals surface area contributed by atoms with E-state index < -0.39 is 0 Å². The molecule has 0 heterocycles. The fourth-order valence-corrected chi connectivity index (χ4v) is 1.73. The van der Waals surface area contributed by atoms with E-state index in [0.29, 0.717) is 0 Å². The summed E-state index contributed by atoms with van der Waals surface area (Å²) in [4.78, 5) is 12.2. The number of rotatable bonds is 4. The largest absolute Gasteiger partial charge is 0.303 e. The Morgan fingerprint density at radius 2 is 1.32 bits per heavy atom. The van der Waals surface area contributed by atoms with Gasteiger partial charge in [0.2, 0.25) is 0 Å². The summed E-state index contributed by atoms with van der Waals surface area (Å²) in [6, 6.07) is 0. The predicted molar refractivity (Wildman–Crippen MR) is 79.4 cm³/mol. The summed E-state index contributed by atoms with van der Waals surface area (Å²) in [5, 5.41) is 11.6. The van der Waals surface area contributed by atoms with Gasteiger partial charge in [-0.05, 0) is 31.4 Å². The lowest BCUT2D eigenvalue weighted by molar-refractivity contribution is -0.113. The summed E-state index contributed by atoms with van der Waals surface area (Å²) in [6.07, 6.45) is 9.58. The molecule has 0 saturated heterocycles. The molecular weight excluding hydrogens is 240 g/mol. The van der Waals surface area contributed by atoms with Crippen LogP contribution in [0.2, 0.25) is 0 Å². The van der Waals surface area contributed by atoms with E-state index in [0.717, 1.165) is 30.4 Å². The van der Waals surface area contributed by atoms with Gasteiger partial charge in [0.25, 0.3) is 0 Å². The van der Waals surface area contributed by atoms with Gasteiger partial charge in [0.15, 0.2) is 5.78 Å². The first-order chi connectivity index (χ1) is 9.00. The molecule has 0 N–H and O–H groups in total. The minimum absolute atomic E-state index is 0.113. The fraction of sp³-hybridized carbons (Fsp3) is 0.500. The Bertz CT molecular complexity index is 393. The normalized spacial score (nSPS) is 20.9. The molecule has 5 heteroatoms. The Balaban J connectivity index is 2.76. The van der Waals surface area contributed by atoms with E-state index in [9.17, 15) is 4.79 Å². The zero-order valence-electron chi connectivity index (χ0n) is 12.1. The molecule has 0 aliphatic heterocycles. The molecule has 0 amide bonds. The number of nitrogens with zero attached hydrogens (tertiary/aromatic N) is 4. The quantitative estimate of drug-likeness (QED) is 0.440. The van der Waals surface area contributed by atoms with Gasteiger partial charge in [-0.2, -0.15) is 10.2 Å². The maximum absolute atomic E-state index is 12.2. The second kappa shape index (κ2) is 7.51. The molecule has 19 heavy (non-hydrogen) atoms. The van der Waals surface area contributed by atoms with Crippen LogP contribution in [0.3, 0.4) is 0 Å². The number of hydrogen-bond donors (Lipinski definition) is 0. The average molecular weight is 262 g/mol. The standard InChI is InChI=1S/C14H22N4O/c1-17(2)15-10-8-12-6-5-7-13(14(12)19)9-11-16-18(3)4/h8-11H,5-7H2,1-4H3/b12-8-,13-9+,15-10+,16-11+. The predicted octanol–water partition coefficient (Wildman–Crippen LogP) is 1.69. The van der Waals surface area contributed by atoms with Gasteiger partial charge < -0.3 is 10.0 Å². The molecule has 5 nitrogen and oxygen atoms in total. The second-order valence-electron chi connectivity index (χ2n) is 4.79. The van der Waals surface area contributed by atoms with Gasteiger partial charge in [0.05, 0.1) is 0 Å². The van der Waals surface area contributed by atoms with Crippen LogP contribution in [0.1, 0.15) is 19.3 Å². The Kier molecular flexibility index (Phi) is 5.99. The van der Waals surface area contributed by atoms with Gasteiger partial charge in [-0.3, -0.25) is 4.79 Å². The Morgan fingerprint density at radius 3 is 1.68 bits per heavy atom. The first-order valence-electron chi connectivity index (χ1n) is 6.36. The van der Waals surface area contributed by atoms with Crippen LogP contribution in [0.5, 0.6) is 0 Å². The smallest absolute Gasteiger partial charge is 0.185 e. The second-order valence-corrected chi connectivity index (χ2v) is 4.79. The first-order valence-corrected chi connectivity index (χ1v) is 6.36. The SMILES string of the molecule is CN(C)/N=C/C=C1/CCC/C(=C\C=N\N(C)C)C1=O. The molecule has 104 valence electrons. The van der Waals surface area contributed by atoms with Crippen molar-refractivity contribution in [1.82, 2.24) is 10.0 Å². The molecule has 0 bridgehead atoms. The van der Waals surface area contributed by atoms with Crippen molar-refractivity contribution >= 4 is 18.2 Å². The van der Waals surface area contributed by atoms with Gasteiger partial charge >= 0.3 is 0 Å². The number of Topliss-reactive ketones (excluding diaryl/α,β-unsaturated/α-hetero) is 1. The Morgan fingerprint density at radius 1 is 0.895 bits per heavy atom. The van der Waals surface area contributed by atoms with Crippen molar-refractivity contribution in [1.29, 1.82) is 0 Å². The zero-order chi connectivity index (χ0) is 14.3. The lowest BCUT2D eigenvalue weighted by Crippen LogP contribution is -2.13. The van der Waals surface area contributed by atoms with Crippen molar-refractivity contribution in [3.63, 3.8) is 0 Å². The van der Waals surface area contributed by atoms with Crippen LogP contribution >= 0.6 is 0 Å². The monoisotopic (exact) mass is 262 g/mol. The van der Waals surface area contributed by atoms with Gasteiger partial charge in [-0.15, -0.1) is 0 Å². The first kappa shape index (κ1) is 15.1.